The molecule has 2 unspecified atom stereocenters. The summed E-state index contributed by atoms with van der Waals surface area (Å²) in [5.41, 5.74) is 0.571. The molecule has 26 heavy (non-hydrogen) atoms. The Morgan fingerprint density at radius 2 is 2.12 bits per heavy atom. The van der Waals surface area contributed by atoms with Crippen LogP contribution in [0.15, 0.2) is 41.9 Å². The fraction of sp³-hybridized carbons (Fsp3) is 0.500. The van der Waals surface area contributed by atoms with Crippen LogP contribution in [-0.4, -0.2) is 43.9 Å². The third kappa shape index (κ3) is 6.69. The lowest BCUT2D eigenvalue weighted by Crippen LogP contribution is -2.40. The van der Waals surface area contributed by atoms with Gasteiger partial charge in [0, 0.05) is 32.6 Å². The highest BCUT2D eigenvalue weighted by atomic mass is 127. The second kappa shape index (κ2) is 10.0. The van der Waals surface area contributed by atoms with Gasteiger partial charge >= 0.3 is 6.36 Å². The lowest BCUT2D eigenvalue weighted by atomic mass is 10.1. The molecule has 4 nitrogen and oxygen atoms in total. The van der Waals surface area contributed by atoms with E-state index in [1.54, 1.807) is 25.2 Å². The number of guanidine groups is 1. The molecule has 8 heteroatoms. The largest absolute Gasteiger partial charge is 0.573 e. The third-order valence-electron chi connectivity index (χ3n) is 4.12. The fourth-order valence-corrected chi connectivity index (χ4v) is 2.79. The molecule has 1 fully saturated rings. The summed E-state index contributed by atoms with van der Waals surface area (Å²) in [5, 5.41) is 3.32. The number of aliphatic imine (C=N–C) groups is 1. The quantitative estimate of drug-likeness (QED) is 0.204. The summed E-state index contributed by atoms with van der Waals surface area (Å²) in [4.78, 5) is 6.26. The van der Waals surface area contributed by atoms with Crippen LogP contribution in [0.4, 0.5) is 13.2 Å². The highest BCUT2D eigenvalue weighted by Crippen LogP contribution is 2.45. The number of halogens is 4. The summed E-state index contributed by atoms with van der Waals surface area (Å²) >= 11 is 0. The number of nitrogens with one attached hydrogen (secondary N) is 1. The molecule has 1 N–H and O–H groups in total. The van der Waals surface area contributed by atoms with Gasteiger partial charge in [-0.05, 0) is 30.9 Å². The monoisotopic (exact) mass is 483 g/mol. The van der Waals surface area contributed by atoms with E-state index in [4.69, 9.17) is 0 Å². The van der Waals surface area contributed by atoms with Crippen molar-refractivity contribution in [1.82, 2.24) is 10.2 Å². The Morgan fingerprint density at radius 1 is 1.42 bits per heavy atom. The summed E-state index contributed by atoms with van der Waals surface area (Å²) < 4.78 is 41.8. The first-order valence-electron chi connectivity index (χ1n) is 8.25. The first-order chi connectivity index (χ1) is 11.9. The normalized spacial score (nSPS) is 19.3. The Hall–Kier alpha value is -1.45. The molecule has 0 amide bonds. The zero-order valence-corrected chi connectivity index (χ0v) is 17.3. The molecular weight excluding hydrogens is 458 g/mol. The molecule has 2 rings (SSSR count). The second-order valence-corrected chi connectivity index (χ2v) is 6.08. The molecule has 146 valence electrons. The summed E-state index contributed by atoms with van der Waals surface area (Å²) in [6.45, 7) is 4.53. The second-order valence-electron chi connectivity index (χ2n) is 6.08. The van der Waals surface area contributed by atoms with Crippen molar-refractivity contribution in [2.24, 2.45) is 4.99 Å². The molecule has 1 aliphatic carbocycles. The van der Waals surface area contributed by atoms with Crippen molar-refractivity contribution < 1.29 is 17.9 Å². The summed E-state index contributed by atoms with van der Waals surface area (Å²) in [6, 6.07) is 6.36. The minimum absolute atomic E-state index is 0. The van der Waals surface area contributed by atoms with Gasteiger partial charge in [-0.2, -0.15) is 0 Å². The molecule has 1 aliphatic rings. The number of hydrogen-bond acceptors (Lipinski definition) is 2. The Labute approximate surface area is 169 Å². The Balaban J connectivity index is 0.00000338. The molecule has 0 spiro atoms. The number of rotatable bonds is 7. The smallest absolute Gasteiger partial charge is 0.405 e. The minimum Gasteiger partial charge on any atom is -0.405 e. The van der Waals surface area contributed by atoms with E-state index in [1.807, 2.05) is 18.0 Å². The number of alkyl halides is 3. The molecule has 2 atom stereocenters. The molecule has 1 aromatic carbocycles. The van der Waals surface area contributed by atoms with Gasteiger partial charge in [-0.15, -0.1) is 43.7 Å². The van der Waals surface area contributed by atoms with Crippen molar-refractivity contribution in [3.05, 3.63) is 42.5 Å². The average molecular weight is 483 g/mol. The van der Waals surface area contributed by atoms with Crippen LogP contribution in [0, 0.1) is 0 Å². The molecule has 0 radical (unpaired) electrons. The standard InChI is InChI=1S/C18H24F3N3O.HI/c1-4-5-8-11-24(3)17(22-2)23-15-12-14(15)13-9-6-7-10-16(13)25-18(19,20)21;/h4,6-7,9-10,14-15H,1,5,8,11-12H2,2-3H3,(H,22,23);1H. The van der Waals surface area contributed by atoms with Gasteiger partial charge in [0.25, 0.3) is 0 Å². The van der Waals surface area contributed by atoms with E-state index in [0.717, 1.165) is 31.8 Å². The van der Waals surface area contributed by atoms with E-state index in [-0.39, 0.29) is 41.7 Å². The van der Waals surface area contributed by atoms with Gasteiger partial charge in [-0.3, -0.25) is 4.99 Å². The van der Waals surface area contributed by atoms with Crippen molar-refractivity contribution in [1.29, 1.82) is 0 Å². The minimum atomic E-state index is -4.69. The zero-order valence-electron chi connectivity index (χ0n) is 14.9. The Morgan fingerprint density at radius 3 is 2.73 bits per heavy atom. The Kier molecular flexibility index (Phi) is 8.72. The molecule has 0 heterocycles. The van der Waals surface area contributed by atoms with Crippen molar-refractivity contribution in [3.8, 4) is 5.75 Å². The third-order valence-corrected chi connectivity index (χ3v) is 4.12. The van der Waals surface area contributed by atoms with Crippen molar-refractivity contribution >= 4 is 29.9 Å². The van der Waals surface area contributed by atoms with Crippen molar-refractivity contribution in [2.45, 2.75) is 37.6 Å². The molecule has 1 aromatic rings. The van der Waals surface area contributed by atoms with Gasteiger partial charge in [0.05, 0.1) is 0 Å². The van der Waals surface area contributed by atoms with Crippen LogP contribution in [-0.2, 0) is 0 Å². The predicted molar refractivity (Wildman–Crippen MR) is 108 cm³/mol. The van der Waals surface area contributed by atoms with Gasteiger partial charge in [-0.25, -0.2) is 0 Å². The van der Waals surface area contributed by atoms with Crippen LogP contribution < -0.4 is 10.1 Å². The maximum Gasteiger partial charge on any atom is 0.573 e. The number of ether oxygens (including phenoxy) is 1. The number of nitrogens with zero attached hydrogens (tertiary/aromatic N) is 2. The zero-order chi connectivity index (χ0) is 18.4. The van der Waals surface area contributed by atoms with Crippen molar-refractivity contribution in [2.75, 3.05) is 20.6 Å². The number of unbranched alkanes of at least 4 members (excludes halogenated alkanes) is 1. The first kappa shape index (κ1) is 22.6. The number of benzene rings is 1. The molecule has 1 saturated carbocycles. The Bertz CT molecular complexity index is 622. The van der Waals surface area contributed by atoms with E-state index in [2.05, 4.69) is 21.6 Å². The molecule has 0 saturated heterocycles. The van der Waals surface area contributed by atoms with Gasteiger partial charge in [0.15, 0.2) is 5.96 Å². The summed E-state index contributed by atoms with van der Waals surface area (Å²) in [6.07, 6.45) is -0.168. The van der Waals surface area contributed by atoms with E-state index in [9.17, 15) is 13.2 Å². The van der Waals surface area contributed by atoms with Gasteiger partial charge in [0.2, 0.25) is 0 Å². The molecular formula is C18H25F3IN3O. The van der Waals surface area contributed by atoms with Crippen LogP contribution in [0.25, 0.3) is 0 Å². The number of para-hydroxylation sites is 1. The van der Waals surface area contributed by atoms with Crippen LogP contribution in [0.5, 0.6) is 5.75 Å². The van der Waals surface area contributed by atoms with E-state index in [1.165, 1.54) is 6.07 Å². The molecule has 0 aliphatic heterocycles. The van der Waals surface area contributed by atoms with Crippen LogP contribution >= 0.6 is 24.0 Å². The highest BCUT2D eigenvalue weighted by molar-refractivity contribution is 14.0. The SMILES string of the molecule is C=CCCCN(C)C(=NC)NC1CC1c1ccccc1OC(F)(F)F.I. The van der Waals surface area contributed by atoms with E-state index in [0.29, 0.717) is 5.56 Å². The van der Waals surface area contributed by atoms with Gasteiger partial charge in [0.1, 0.15) is 5.75 Å². The predicted octanol–water partition coefficient (Wildman–Crippen LogP) is 4.53. The number of hydrogen-bond donors (Lipinski definition) is 1. The highest BCUT2D eigenvalue weighted by Gasteiger charge is 2.42. The molecule has 0 bridgehead atoms. The van der Waals surface area contributed by atoms with Gasteiger partial charge < -0.3 is 15.0 Å². The van der Waals surface area contributed by atoms with Crippen molar-refractivity contribution in [3.63, 3.8) is 0 Å². The van der Waals surface area contributed by atoms with Crippen LogP contribution in [0.1, 0.15) is 30.7 Å². The van der Waals surface area contributed by atoms with E-state index < -0.39 is 6.36 Å². The maximum atomic E-state index is 12.5. The van der Waals surface area contributed by atoms with E-state index >= 15 is 0 Å². The fourth-order valence-electron chi connectivity index (χ4n) is 2.79. The first-order valence-corrected chi connectivity index (χ1v) is 8.25. The molecule has 0 aromatic heterocycles. The van der Waals surface area contributed by atoms with Crippen LogP contribution in [0.3, 0.4) is 0 Å². The lowest BCUT2D eigenvalue weighted by Gasteiger charge is -2.22. The van der Waals surface area contributed by atoms with Crippen LogP contribution in [0.2, 0.25) is 0 Å². The summed E-state index contributed by atoms with van der Waals surface area (Å²) in [7, 11) is 3.64. The average Bonchev–Trinajstić information content (AvgIpc) is 3.30. The lowest BCUT2D eigenvalue weighted by molar-refractivity contribution is -0.274. The summed E-state index contributed by atoms with van der Waals surface area (Å²) in [5.74, 6) is 0.598. The maximum absolute atomic E-state index is 12.5. The number of allylic oxidation sites excluding steroid dienone is 1. The topological polar surface area (TPSA) is 36.9 Å². The van der Waals surface area contributed by atoms with Gasteiger partial charge in [-0.1, -0.05) is 24.3 Å².